The van der Waals surface area contributed by atoms with Crippen LogP contribution in [-0.2, 0) is 0 Å². The fourth-order valence-corrected chi connectivity index (χ4v) is 7.53. The first-order chi connectivity index (χ1) is 8.83. The van der Waals surface area contributed by atoms with Crippen molar-refractivity contribution in [3.63, 3.8) is 0 Å². The topological polar surface area (TPSA) is 0 Å². The van der Waals surface area contributed by atoms with Gasteiger partial charge >= 0.3 is 0 Å². The molecule has 6 unspecified atom stereocenters. The van der Waals surface area contributed by atoms with Crippen LogP contribution in [0.5, 0.6) is 0 Å². The van der Waals surface area contributed by atoms with Gasteiger partial charge in [-0.25, -0.2) is 0 Å². The van der Waals surface area contributed by atoms with Gasteiger partial charge in [-0.05, 0) is 49.4 Å². The Morgan fingerprint density at radius 2 is 1.61 bits per heavy atom. The number of hydrogen-bond donors (Lipinski definition) is 0. The molecule has 0 amide bonds. The third-order valence-electron chi connectivity index (χ3n) is 6.20. The van der Waals surface area contributed by atoms with Gasteiger partial charge in [0.15, 0.2) is 0 Å². The van der Waals surface area contributed by atoms with E-state index in [1.807, 2.05) is 0 Å². The van der Waals surface area contributed by atoms with Gasteiger partial charge < -0.3 is 0 Å². The summed E-state index contributed by atoms with van der Waals surface area (Å²) in [7, 11) is 0. The summed E-state index contributed by atoms with van der Waals surface area (Å²) in [4.78, 5) is 0. The molecule has 104 valence electrons. The van der Waals surface area contributed by atoms with E-state index in [0.717, 1.165) is 34.2 Å². The van der Waals surface area contributed by atoms with Gasteiger partial charge in [-0.2, -0.15) is 11.8 Å². The average molecular weight is 266 g/mol. The molecule has 1 heteroatoms. The Kier molecular flexibility index (Phi) is 4.28. The maximum Gasteiger partial charge on any atom is 0.0109 e. The molecule has 0 spiro atoms. The lowest BCUT2D eigenvalue weighted by Crippen LogP contribution is -2.42. The molecule has 6 atom stereocenters. The summed E-state index contributed by atoms with van der Waals surface area (Å²) in [5.41, 5.74) is 0. The summed E-state index contributed by atoms with van der Waals surface area (Å²) >= 11 is 2.45. The zero-order chi connectivity index (χ0) is 12.5. The molecule has 2 bridgehead atoms. The van der Waals surface area contributed by atoms with E-state index >= 15 is 0 Å². The Balaban J connectivity index is 1.79. The number of rotatable bonds is 2. The SMILES string of the molecule is CCC1CCCC2CC1SC1C(CC)CCCC21. The highest BCUT2D eigenvalue weighted by Crippen LogP contribution is 2.54. The molecule has 1 saturated heterocycles. The van der Waals surface area contributed by atoms with Gasteiger partial charge in [0.2, 0.25) is 0 Å². The van der Waals surface area contributed by atoms with E-state index in [4.69, 9.17) is 0 Å². The second-order valence-electron chi connectivity index (χ2n) is 7.00. The second-order valence-corrected chi connectivity index (χ2v) is 8.42. The number of fused-ring (bicyclic) bond motifs is 4. The minimum absolute atomic E-state index is 1.02. The van der Waals surface area contributed by atoms with E-state index in [9.17, 15) is 0 Å². The molecule has 1 heterocycles. The maximum atomic E-state index is 2.45. The highest BCUT2D eigenvalue weighted by Gasteiger charge is 2.45. The zero-order valence-electron chi connectivity index (χ0n) is 12.2. The Morgan fingerprint density at radius 3 is 2.39 bits per heavy atom. The van der Waals surface area contributed by atoms with Gasteiger partial charge in [-0.1, -0.05) is 46.0 Å². The summed E-state index contributed by atoms with van der Waals surface area (Å²) in [5, 5.41) is 2.07. The Labute approximate surface area is 118 Å². The zero-order valence-corrected chi connectivity index (χ0v) is 13.1. The van der Waals surface area contributed by atoms with Crippen LogP contribution in [0.2, 0.25) is 0 Å². The minimum Gasteiger partial charge on any atom is -0.154 e. The first kappa shape index (κ1) is 13.3. The summed E-state index contributed by atoms with van der Waals surface area (Å²) in [6.07, 6.45) is 13.7. The molecule has 2 saturated carbocycles. The molecule has 3 rings (SSSR count). The van der Waals surface area contributed by atoms with Crippen LogP contribution in [0.15, 0.2) is 0 Å². The smallest absolute Gasteiger partial charge is 0.0109 e. The first-order valence-electron chi connectivity index (χ1n) is 8.48. The third-order valence-corrected chi connectivity index (χ3v) is 8.17. The van der Waals surface area contributed by atoms with Crippen molar-refractivity contribution in [1.29, 1.82) is 0 Å². The van der Waals surface area contributed by atoms with Gasteiger partial charge in [-0.15, -0.1) is 0 Å². The highest BCUT2D eigenvalue weighted by atomic mass is 32.2. The predicted molar refractivity (Wildman–Crippen MR) is 82.0 cm³/mol. The summed E-state index contributed by atoms with van der Waals surface area (Å²) in [6, 6.07) is 0. The van der Waals surface area contributed by atoms with Gasteiger partial charge in [-0.3, -0.25) is 0 Å². The van der Waals surface area contributed by atoms with Crippen molar-refractivity contribution < 1.29 is 0 Å². The molecule has 0 aromatic rings. The molecule has 0 nitrogen and oxygen atoms in total. The lowest BCUT2D eigenvalue weighted by atomic mass is 9.71. The molecule has 3 fully saturated rings. The normalized spacial score (nSPS) is 48.3. The van der Waals surface area contributed by atoms with Gasteiger partial charge in [0.05, 0.1) is 0 Å². The molecule has 2 aliphatic carbocycles. The standard InChI is InChI=1S/C17H30S/c1-3-12-7-5-9-14-11-16(12)18-17-13(4-2)8-6-10-15(14)17/h12-17H,3-11H2,1-2H3. The van der Waals surface area contributed by atoms with Crippen LogP contribution in [0.25, 0.3) is 0 Å². The highest BCUT2D eigenvalue weighted by molar-refractivity contribution is 8.00. The largest absolute Gasteiger partial charge is 0.154 e. The van der Waals surface area contributed by atoms with Crippen molar-refractivity contribution >= 4 is 11.8 Å². The summed E-state index contributed by atoms with van der Waals surface area (Å²) in [5.74, 6) is 4.29. The third kappa shape index (κ3) is 2.37. The lowest BCUT2D eigenvalue weighted by molar-refractivity contribution is 0.176. The molecule has 0 aromatic heterocycles. The van der Waals surface area contributed by atoms with Crippen LogP contribution in [-0.4, -0.2) is 10.5 Å². The van der Waals surface area contributed by atoms with Crippen LogP contribution in [0.3, 0.4) is 0 Å². The predicted octanol–water partition coefficient (Wildman–Crippen LogP) is 5.51. The van der Waals surface area contributed by atoms with Crippen molar-refractivity contribution in [3.05, 3.63) is 0 Å². The van der Waals surface area contributed by atoms with E-state index in [1.165, 1.54) is 38.5 Å². The van der Waals surface area contributed by atoms with E-state index < -0.39 is 0 Å². The van der Waals surface area contributed by atoms with Crippen molar-refractivity contribution in [2.75, 3.05) is 0 Å². The van der Waals surface area contributed by atoms with Crippen molar-refractivity contribution in [2.24, 2.45) is 23.7 Å². The molecular weight excluding hydrogens is 236 g/mol. The lowest BCUT2D eigenvalue weighted by Gasteiger charge is -2.48. The van der Waals surface area contributed by atoms with Crippen LogP contribution in [0.1, 0.15) is 71.6 Å². The van der Waals surface area contributed by atoms with Gasteiger partial charge in [0.25, 0.3) is 0 Å². The van der Waals surface area contributed by atoms with Crippen LogP contribution in [0, 0.1) is 23.7 Å². The van der Waals surface area contributed by atoms with Crippen LogP contribution < -0.4 is 0 Å². The average Bonchev–Trinajstić information content (AvgIpc) is 2.58. The molecular formula is C17H30S. The molecule has 1 aliphatic heterocycles. The van der Waals surface area contributed by atoms with Crippen molar-refractivity contribution in [3.8, 4) is 0 Å². The Hall–Kier alpha value is 0.350. The monoisotopic (exact) mass is 266 g/mol. The fourth-order valence-electron chi connectivity index (χ4n) is 5.11. The van der Waals surface area contributed by atoms with Gasteiger partial charge in [0.1, 0.15) is 0 Å². The molecule has 18 heavy (non-hydrogen) atoms. The van der Waals surface area contributed by atoms with Crippen molar-refractivity contribution in [2.45, 2.75) is 82.1 Å². The van der Waals surface area contributed by atoms with E-state index in [-0.39, 0.29) is 0 Å². The Bertz CT molecular complexity index is 275. The maximum absolute atomic E-state index is 2.45. The van der Waals surface area contributed by atoms with Gasteiger partial charge in [0, 0.05) is 10.5 Å². The first-order valence-corrected chi connectivity index (χ1v) is 9.43. The fraction of sp³-hybridized carbons (Fsp3) is 1.00. The molecule has 0 radical (unpaired) electrons. The minimum atomic E-state index is 1.02. The summed E-state index contributed by atoms with van der Waals surface area (Å²) in [6.45, 7) is 4.86. The van der Waals surface area contributed by atoms with Crippen LogP contribution in [0.4, 0.5) is 0 Å². The van der Waals surface area contributed by atoms with Crippen LogP contribution >= 0.6 is 11.8 Å². The van der Waals surface area contributed by atoms with E-state index in [1.54, 1.807) is 19.3 Å². The molecule has 0 N–H and O–H groups in total. The number of hydrogen-bond acceptors (Lipinski definition) is 1. The van der Waals surface area contributed by atoms with Crippen molar-refractivity contribution in [1.82, 2.24) is 0 Å². The molecule has 3 aliphatic rings. The number of thioether (sulfide) groups is 1. The molecule has 0 aromatic carbocycles. The summed E-state index contributed by atoms with van der Waals surface area (Å²) < 4.78 is 0. The Morgan fingerprint density at radius 1 is 0.889 bits per heavy atom. The second kappa shape index (κ2) is 5.77. The van der Waals surface area contributed by atoms with E-state index in [0.29, 0.717) is 0 Å². The quantitative estimate of drug-likeness (QED) is 0.635. The van der Waals surface area contributed by atoms with E-state index in [2.05, 4.69) is 25.6 Å².